The lowest BCUT2D eigenvalue weighted by Gasteiger charge is -2.34. The molecule has 1 amide bonds. The second-order valence-corrected chi connectivity index (χ2v) is 9.22. The zero-order valence-electron chi connectivity index (χ0n) is 20.2. The highest BCUT2D eigenvalue weighted by atomic mass is 16.6. The Balaban J connectivity index is 1.28. The van der Waals surface area contributed by atoms with Crippen LogP contribution < -0.4 is 19.7 Å². The van der Waals surface area contributed by atoms with Crippen molar-refractivity contribution in [3.05, 3.63) is 78.4 Å². The Bertz CT molecular complexity index is 1410. The summed E-state index contributed by atoms with van der Waals surface area (Å²) in [5, 5.41) is 3.89. The molecule has 6 rings (SSSR count). The van der Waals surface area contributed by atoms with Gasteiger partial charge in [-0.1, -0.05) is 18.2 Å². The van der Waals surface area contributed by atoms with E-state index < -0.39 is 0 Å². The molecular weight excluding hydrogens is 452 g/mol. The molecule has 0 saturated carbocycles. The number of carbonyl (C=O) groups excluding carboxylic acids is 1. The predicted octanol–water partition coefficient (Wildman–Crippen LogP) is 4.68. The first-order valence-electron chi connectivity index (χ1n) is 12.3. The van der Waals surface area contributed by atoms with Crippen LogP contribution in [0.5, 0.6) is 11.5 Å². The fraction of sp³-hybridized carbons (Fsp3) is 0.241. The molecule has 2 aliphatic rings. The number of fused-ring (bicyclic) bond motifs is 2. The summed E-state index contributed by atoms with van der Waals surface area (Å²) >= 11 is 0. The Labute approximate surface area is 210 Å². The molecule has 182 valence electrons. The lowest BCUT2D eigenvalue weighted by molar-refractivity contribution is 0.102. The Hall–Kier alpha value is -4.10. The molecule has 7 heteroatoms. The van der Waals surface area contributed by atoms with Gasteiger partial charge in [-0.2, -0.15) is 0 Å². The van der Waals surface area contributed by atoms with Gasteiger partial charge in [-0.3, -0.25) is 4.79 Å². The van der Waals surface area contributed by atoms with E-state index in [9.17, 15) is 4.79 Å². The summed E-state index contributed by atoms with van der Waals surface area (Å²) in [4.78, 5) is 23.0. The number of pyridine rings is 1. The molecule has 2 aliphatic heterocycles. The van der Waals surface area contributed by atoms with E-state index in [4.69, 9.17) is 14.5 Å². The van der Waals surface area contributed by atoms with E-state index in [1.807, 2.05) is 60.7 Å². The molecule has 1 N–H and O–H groups in total. The molecule has 1 aromatic heterocycles. The topological polar surface area (TPSA) is 66.9 Å². The van der Waals surface area contributed by atoms with Crippen LogP contribution in [-0.4, -0.2) is 62.2 Å². The maximum Gasteiger partial charge on any atom is 0.256 e. The van der Waals surface area contributed by atoms with Gasteiger partial charge in [0.1, 0.15) is 13.2 Å². The molecule has 1 saturated heterocycles. The van der Waals surface area contributed by atoms with Crippen LogP contribution in [0.2, 0.25) is 0 Å². The molecule has 1 fully saturated rings. The van der Waals surface area contributed by atoms with Crippen LogP contribution in [0.3, 0.4) is 0 Å². The summed E-state index contributed by atoms with van der Waals surface area (Å²) in [6, 6.07) is 23.4. The maximum absolute atomic E-state index is 13.5. The van der Waals surface area contributed by atoms with Crippen molar-refractivity contribution in [1.29, 1.82) is 0 Å². The average Bonchev–Trinajstić information content (AvgIpc) is 2.93. The number of hydrogen-bond donors (Lipinski definition) is 1. The normalized spacial score (nSPS) is 15.6. The van der Waals surface area contributed by atoms with Crippen molar-refractivity contribution in [1.82, 2.24) is 9.88 Å². The molecule has 7 nitrogen and oxygen atoms in total. The van der Waals surface area contributed by atoms with E-state index >= 15 is 0 Å². The number of hydrogen-bond acceptors (Lipinski definition) is 6. The van der Waals surface area contributed by atoms with Crippen LogP contribution in [0.25, 0.3) is 22.2 Å². The van der Waals surface area contributed by atoms with Gasteiger partial charge in [0, 0.05) is 48.5 Å². The minimum atomic E-state index is -0.167. The largest absolute Gasteiger partial charge is 0.486 e. The first kappa shape index (κ1) is 22.4. The SMILES string of the molecule is CN1CCN(c2ccc(NC(=O)c3cc(-c4ccc5c(c4)OCCO5)nc4ccccc34)cc2)CC1. The summed E-state index contributed by atoms with van der Waals surface area (Å²) in [7, 11) is 2.15. The minimum absolute atomic E-state index is 0.167. The van der Waals surface area contributed by atoms with Gasteiger partial charge in [0.25, 0.3) is 5.91 Å². The number of nitrogens with zero attached hydrogens (tertiary/aromatic N) is 3. The monoisotopic (exact) mass is 480 g/mol. The number of anilines is 2. The van der Waals surface area contributed by atoms with Gasteiger partial charge in [-0.15, -0.1) is 0 Å². The Morgan fingerprint density at radius 1 is 0.861 bits per heavy atom. The zero-order valence-corrected chi connectivity index (χ0v) is 20.2. The van der Waals surface area contributed by atoms with Gasteiger partial charge in [0.2, 0.25) is 0 Å². The number of para-hydroxylation sites is 1. The molecule has 0 aliphatic carbocycles. The third kappa shape index (κ3) is 4.45. The first-order chi connectivity index (χ1) is 17.6. The molecule has 0 unspecified atom stereocenters. The quantitative estimate of drug-likeness (QED) is 0.458. The highest BCUT2D eigenvalue weighted by Crippen LogP contribution is 2.35. The number of benzene rings is 3. The smallest absolute Gasteiger partial charge is 0.256 e. The van der Waals surface area contributed by atoms with E-state index in [0.29, 0.717) is 30.2 Å². The number of likely N-dealkylation sites (N-methyl/N-ethyl adjacent to an activating group) is 1. The van der Waals surface area contributed by atoms with Gasteiger partial charge < -0.3 is 24.6 Å². The van der Waals surface area contributed by atoms with Crippen molar-refractivity contribution < 1.29 is 14.3 Å². The van der Waals surface area contributed by atoms with Gasteiger partial charge in [-0.25, -0.2) is 4.98 Å². The summed E-state index contributed by atoms with van der Waals surface area (Å²) in [5.74, 6) is 1.25. The van der Waals surface area contributed by atoms with Crippen LogP contribution in [0, 0.1) is 0 Å². The molecular formula is C29H28N4O3. The van der Waals surface area contributed by atoms with Gasteiger partial charge in [0.05, 0.1) is 16.8 Å². The van der Waals surface area contributed by atoms with Crippen LogP contribution in [0.1, 0.15) is 10.4 Å². The van der Waals surface area contributed by atoms with Gasteiger partial charge in [0.15, 0.2) is 11.5 Å². The van der Waals surface area contributed by atoms with Crippen molar-refractivity contribution in [2.75, 3.05) is 56.7 Å². The predicted molar refractivity (Wildman–Crippen MR) is 142 cm³/mol. The zero-order chi connectivity index (χ0) is 24.5. The van der Waals surface area contributed by atoms with E-state index in [2.05, 4.69) is 34.3 Å². The first-order valence-corrected chi connectivity index (χ1v) is 12.3. The van der Waals surface area contributed by atoms with Crippen LogP contribution in [-0.2, 0) is 0 Å². The van der Waals surface area contributed by atoms with E-state index in [1.54, 1.807) is 0 Å². The third-order valence-corrected chi connectivity index (χ3v) is 6.79. The Morgan fingerprint density at radius 2 is 1.61 bits per heavy atom. The van der Waals surface area contributed by atoms with Gasteiger partial charge >= 0.3 is 0 Å². The summed E-state index contributed by atoms with van der Waals surface area (Å²) in [6.07, 6.45) is 0. The number of aromatic nitrogens is 1. The standard InChI is InChI=1S/C29H28N4O3/c1-32-12-14-33(15-13-32)22-9-7-21(8-10-22)30-29(34)24-19-26(31-25-5-3-2-4-23(24)25)20-6-11-27-28(18-20)36-17-16-35-27/h2-11,18-19H,12-17H2,1H3,(H,30,34). The molecule has 0 atom stereocenters. The number of carbonyl (C=O) groups is 1. The lowest BCUT2D eigenvalue weighted by atomic mass is 10.0. The molecule has 0 spiro atoms. The number of rotatable bonds is 4. The maximum atomic E-state index is 13.5. The van der Waals surface area contributed by atoms with Gasteiger partial charge in [-0.05, 0) is 61.6 Å². The van der Waals surface area contributed by atoms with E-state index in [1.165, 1.54) is 5.69 Å². The summed E-state index contributed by atoms with van der Waals surface area (Å²) < 4.78 is 11.4. The highest BCUT2D eigenvalue weighted by Gasteiger charge is 2.18. The van der Waals surface area contributed by atoms with Crippen LogP contribution >= 0.6 is 0 Å². The minimum Gasteiger partial charge on any atom is -0.486 e. The van der Waals surface area contributed by atoms with E-state index in [0.717, 1.165) is 54.1 Å². The molecule has 3 aromatic carbocycles. The second kappa shape index (κ2) is 9.51. The average molecular weight is 481 g/mol. The number of nitrogens with one attached hydrogen (secondary N) is 1. The van der Waals surface area contributed by atoms with Crippen molar-refractivity contribution in [2.45, 2.75) is 0 Å². The van der Waals surface area contributed by atoms with Crippen molar-refractivity contribution in [3.8, 4) is 22.8 Å². The van der Waals surface area contributed by atoms with Crippen molar-refractivity contribution >= 4 is 28.2 Å². The molecule has 3 heterocycles. The summed E-state index contributed by atoms with van der Waals surface area (Å²) in [6.45, 7) is 5.18. The molecule has 4 aromatic rings. The summed E-state index contributed by atoms with van der Waals surface area (Å²) in [5.41, 5.74) is 4.86. The van der Waals surface area contributed by atoms with Crippen molar-refractivity contribution in [2.24, 2.45) is 0 Å². The van der Waals surface area contributed by atoms with Crippen LogP contribution in [0.4, 0.5) is 11.4 Å². The second-order valence-electron chi connectivity index (χ2n) is 9.22. The van der Waals surface area contributed by atoms with Crippen LogP contribution in [0.15, 0.2) is 72.8 Å². The molecule has 0 bridgehead atoms. The van der Waals surface area contributed by atoms with Crippen molar-refractivity contribution in [3.63, 3.8) is 0 Å². The number of ether oxygens (including phenoxy) is 2. The van der Waals surface area contributed by atoms with E-state index in [-0.39, 0.29) is 5.91 Å². The Kier molecular flexibility index (Phi) is 5.91. The lowest BCUT2D eigenvalue weighted by Crippen LogP contribution is -2.44. The Morgan fingerprint density at radius 3 is 2.42 bits per heavy atom. The molecule has 36 heavy (non-hydrogen) atoms. The number of piperazine rings is 1. The highest BCUT2D eigenvalue weighted by molar-refractivity contribution is 6.13. The molecule has 0 radical (unpaired) electrons. The fourth-order valence-corrected chi connectivity index (χ4v) is 4.73. The fourth-order valence-electron chi connectivity index (χ4n) is 4.73. The third-order valence-electron chi connectivity index (χ3n) is 6.79. The number of amides is 1.